The largest absolute Gasteiger partial charge is 0.397 e. The molecule has 4 nitrogen and oxygen atoms in total. The fourth-order valence-electron chi connectivity index (χ4n) is 4.15. The highest BCUT2D eigenvalue weighted by Crippen LogP contribution is 2.17. The van der Waals surface area contributed by atoms with E-state index in [-0.39, 0.29) is 12.5 Å². The maximum absolute atomic E-state index is 10.9. The molecule has 0 aliphatic rings. The first-order chi connectivity index (χ1) is 15.5. The summed E-state index contributed by atoms with van der Waals surface area (Å²) in [7, 11) is -4.35. The number of unbranched alkanes of at least 4 members (excludes halogenated alkanes) is 18. The fraction of sp³-hybridized carbons (Fsp3) is 0.926. The summed E-state index contributed by atoms with van der Waals surface area (Å²) in [4.78, 5) is 0. The number of hydrogen-bond donors (Lipinski definition) is 1. The molecule has 0 bridgehead atoms. The predicted octanol–water partition coefficient (Wildman–Crippen LogP) is 9.21. The molecule has 0 aliphatic carbocycles. The van der Waals surface area contributed by atoms with Gasteiger partial charge in [0.25, 0.3) is 0 Å². The zero-order valence-corrected chi connectivity index (χ0v) is 22.2. The third-order valence-electron chi connectivity index (χ3n) is 6.24. The van der Waals surface area contributed by atoms with E-state index in [0.29, 0.717) is 0 Å². The van der Waals surface area contributed by atoms with E-state index in [1.807, 2.05) is 0 Å². The van der Waals surface area contributed by atoms with Gasteiger partial charge in [0.2, 0.25) is 0 Å². The third-order valence-corrected chi connectivity index (χ3v) is 6.68. The van der Waals surface area contributed by atoms with Gasteiger partial charge in [0.15, 0.2) is 0 Å². The monoisotopic (exact) mass is 474 g/mol. The number of hydrogen-bond acceptors (Lipinski definition) is 3. The highest BCUT2D eigenvalue weighted by atomic mass is 32.3. The van der Waals surface area contributed by atoms with Crippen molar-refractivity contribution in [1.29, 1.82) is 0 Å². The maximum atomic E-state index is 10.9. The molecule has 5 heteroatoms. The highest BCUT2D eigenvalue weighted by molar-refractivity contribution is 7.80. The molecule has 1 atom stereocenters. The van der Waals surface area contributed by atoms with Crippen molar-refractivity contribution in [1.82, 2.24) is 0 Å². The van der Waals surface area contributed by atoms with Crippen LogP contribution < -0.4 is 0 Å². The van der Waals surface area contributed by atoms with Gasteiger partial charge >= 0.3 is 10.4 Å². The SMILES string of the molecule is CCCC/C=C/C(CCCCCCCCCCCCCCCCCCC)COS(=O)(=O)O. The molecule has 0 fully saturated rings. The number of rotatable bonds is 25. The summed E-state index contributed by atoms with van der Waals surface area (Å²) in [5.41, 5.74) is 0. The van der Waals surface area contributed by atoms with Crippen molar-refractivity contribution in [2.45, 2.75) is 149 Å². The van der Waals surface area contributed by atoms with Gasteiger partial charge < -0.3 is 0 Å². The van der Waals surface area contributed by atoms with Crippen molar-refractivity contribution in [2.75, 3.05) is 6.61 Å². The minimum atomic E-state index is -4.35. The van der Waals surface area contributed by atoms with E-state index in [0.717, 1.165) is 32.1 Å². The van der Waals surface area contributed by atoms with Crippen molar-refractivity contribution in [2.24, 2.45) is 5.92 Å². The van der Waals surface area contributed by atoms with Crippen LogP contribution in [0.5, 0.6) is 0 Å². The Labute approximate surface area is 200 Å². The first kappa shape index (κ1) is 31.6. The Balaban J connectivity index is 3.56. The summed E-state index contributed by atoms with van der Waals surface area (Å²) >= 11 is 0. The maximum Gasteiger partial charge on any atom is 0.397 e. The molecular formula is C27H54O4S. The summed E-state index contributed by atoms with van der Waals surface area (Å²) in [6.07, 6.45) is 31.4. The lowest BCUT2D eigenvalue weighted by Crippen LogP contribution is -2.12. The van der Waals surface area contributed by atoms with Crippen LogP contribution in [-0.4, -0.2) is 19.6 Å². The summed E-state index contributed by atoms with van der Waals surface area (Å²) in [6.45, 7) is 4.48. The minimum Gasteiger partial charge on any atom is -0.264 e. The van der Waals surface area contributed by atoms with Gasteiger partial charge in [-0.2, -0.15) is 8.42 Å². The van der Waals surface area contributed by atoms with Crippen molar-refractivity contribution in [3.05, 3.63) is 12.2 Å². The molecule has 0 saturated heterocycles. The molecule has 0 aromatic heterocycles. The normalized spacial score (nSPS) is 13.2. The first-order valence-electron chi connectivity index (χ1n) is 13.8. The Morgan fingerprint density at radius 3 is 1.47 bits per heavy atom. The Morgan fingerprint density at radius 1 is 0.656 bits per heavy atom. The average Bonchev–Trinajstić information content (AvgIpc) is 2.75. The highest BCUT2D eigenvalue weighted by Gasteiger charge is 2.11. The molecule has 0 aromatic carbocycles. The van der Waals surface area contributed by atoms with E-state index in [4.69, 9.17) is 4.55 Å². The topological polar surface area (TPSA) is 63.6 Å². The van der Waals surface area contributed by atoms with Crippen molar-refractivity contribution >= 4 is 10.4 Å². The molecule has 0 aromatic rings. The molecule has 1 unspecified atom stereocenters. The van der Waals surface area contributed by atoms with Crippen LogP contribution in [-0.2, 0) is 14.6 Å². The van der Waals surface area contributed by atoms with Crippen LogP contribution in [0.2, 0.25) is 0 Å². The predicted molar refractivity (Wildman–Crippen MR) is 138 cm³/mol. The first-order valence-corrected chi connectivity index (χ1v) is 15.1. The lowest BCUT2D eigenvalue weighted by atomic mass is 9.99. The summed E-state index contributed by atoms with van der Waals surface area (Å²) < 4.78 is 35.1. The molecule has 0 aliphatic heterocycles. The second kappa shape index (κ2) is 23.8. The second-order valence-electron chi connectivity index (χ2n) is 9.49. The molecule has 1 N–H and O–H groups in total. The van der Waals surface area contributed by atoms with Gasteiger partial charge in [-0.15, -0.1) is 0 Å². The average molecular weight is 475 g/mol. The van der Waals surface area contributed by atoms with E-state index in [9.17, 15) is 8.42 Å². The number of allylic oxidation sites excluding steroid dienone is 1. The third kappa shape index (κ3) is 25.9. The van der Waals surface area contributed by atoms with E-state index < -0.39 is 10.4 Å². The van der Waals surface area contributed by atoms with Crippen LogP contribution in [0.15, 0.2) is 12.2 Å². The molecule has 0 saturated carbocycles. The zero-order chi connectivity index (χ0) is 23.8. The van der Waals surface area contributed by atoms with E-state index in [1.54, 1.807) is 0 Å². The lowest BCUT2D eigenvalue weighted by molar-refractivity contribution is 0.234. The van der Waals surface area contributed by atoms with Crippen LogP contribution in [0.25, 0.3) is 0 Å². The van der Waals surface area contributed by atoms with E-state index in [1.165, 1.54) is 103 Å². The van der Waals surface area contributed by atoms with Crippen LogP contribution in [0, 0.1) is 5.92 Å². The van der Waals surface area contributed by atoms with Crippen LogP contribution >= 0.6 is 0 Å². The molecule has 32 heavy (non-hydrogen) atoms. The molecular weight excluding hydrogens is 420 g/mol. The Morgan fingerprint density at radius 2 is 1.06 bits per heavy atom. The van der Waals surface area contributed by atoms with Crippen molar-refractivity contribution in [3.8, 4) is 0 Å². The fourth-order valence-corrected chi connectivity index (χ4v) is 4.50. The Bertz CT molecular complexity index is 502. The molecule has 0 rings (SSSR count). The van der Waals surface area contributed by atoms with Gasteiger partial charge in [0.1, 0.15) is 0 Å². The minimum absolute atomic E-state index is 0.0420. The smallest absolute Gasteiger partial charge is 0.264 e. The van der Waals surface area contributed by atoms with Gasteiger partial charge in [-0.25, -0.2) is 4.18 Å². The van der Waals surface area contributed by atoms with Gasteiger partial charge in [-0.1, -0.05) is 148 Å². The van der Waals surface area contributed by atoms with Gasteiger partial charge in [-0.05, 0) is 12.8 Å². The Hall–Kier alpha value is -0.390. The molecule has 0 radical (unpaired) electrons. The zero-order valence-electron chi connectivity index (χ0n) is 21.4. The lowest BCUT2D eigenvalue weighted by Gasteiger charge is -2.12. The van der Waals surface area contributed by atoms with Gasteiger partial charge in [0.05, 0.1) is 6.61 Å². The quantitative estimate of drug-likeness (QED) is 0.0813. The van der Waals surface area contributed by atoms with Crippen molar-refractivity contribution < 1.29 is 17.2 Å². The van der Waals surface area contributed by atoms with Crippen molar-refractivity contribution in [3.63, 3.8) is 0 Å². The molecule has 0 spiro atoms. The summed E-state index contributed by atoms with van der Waals surface area (Å²) in [5, 5.41) is 0. The molecule has 0 heterocycles. The van der Waals surface area contributed by atoms with E-state index >= 15 is 0 Å². The van der Waals surface area contributed by atoms with E-state index in [2.05, 4.69) is 30.2 Å². The summed E-state index contributed by atoms with van der Waals surface area (Å²) in [5.74, 6) is 0.0603. The molecule has 0 amide bonds. The van der Waals surface area contributed by atoms with Crippen LogP contribution in [0.4, 0.5) is 0 Å². The van der Waals surface area contributed by atoms with Crippen LogP contribution in [0.3, 0.4) is 0 Å². The van der Waals surface area contributed by atoms with Gasteiger partial charge in [-0.3, -0.25) is 4.55 Å². The standard InChI is InChI=1S/C27H54O4S/c1-3-5-7-9-10-11-12-13-14-15-16-17-18-19-20-21-23-25-27(24-22-8-6-4-2)26-31-32(28,29)30/h22,24,27H,3-21,23,25-26H2,1-2H3,(H,28,29,30)/b24-22+. The second-order valence-corrected chi connectivity index (χ2v) is 10.6. The van der Waals surface area contributed by atoms with Crippen LogP contribution in [0.1, 0.15) is 149 Å². The van der Waals surface area contributed by atoms with Gasteiger partial charge in [0, 0.05) is 5.92 Å². The summed E-state index contributed by atoms with van der Waals surface area (Å²) in [6, 6.07) is 0. The Kier molecular flexibility index (Phi) is 23.5. The molecule has 192 valence electrons.